The Morgan fingerprint density at radius 1 is 1.09 bits per heavy atom. The summed E-state index contributed by atoms with van der Waals surface area (Å²) in [6.45, 7) is 2.12. The number of pyridine rings is 1. The molecule has 4 rings (SSSR count). The van der Waals surface area contributed by atoms with Crippen molar-refractivity contribution >= 4 is 17.4 Å². The van der Waals surface area contributed by atoms with Gasteiger partial charge in [-0.3, -0.25) is 9.20 Å². The van der Waals surface area contributed by atoms with Crippen LogP contribution >= 0.6 is 0 Å². The number of methoxy groups -OCH3 is 1. The van der Waals surface area contributed by atoms with E-state index in [0.29, 0.717) is 17.1 Å². The number of halogens is 3. The molecule has 2 heterocycles. The van der Waals surface area contributed by atoms with Crippen LogP contribution < -0.4 is 15.4 Å². The zero-order valence-electron chi connectivity index (χ0n) is 18.5. The number of imidazole rings is 1. The Labute approximate surface area is 190 Å². The summed E-state index contributed by atoms with van der Waals surface area (Å²) in [4.78, 5) is 16.4. The second kappa shape index (κ2) is 9.33. The summed E-state index contributed by atoms with van der Waals surface area (Å²) in [6.07, 6.45) is -0.166. The first-order chi connectivity index (χ1) is 15.7. The number of alkyl halides is 3. The van der Waals surface area contributed by atoms with Crippen LogP contribution in [0.25, 0.3) is 5.65 Å². The van der Waals surface area contributed by atoms with E-state index >= 15 is 0 Å². The molecule has 3 atom stereocenters. The minimum atomic E-state index is -4.49. The van der Waals surface area contributed by atoms with Crippen LogP contribution in [0.5, 0.6) is 5.75 Å². The SMILES string of the molecule is COc1ccc(C(=O)N[C@H]2CC[C@@H](Nc3cccc4nc(C(F)(F)F)cn34)CCC2C)cc1. The Morgan fingerprint density at radius 3 is 2.52 bits per heavy atom. The number of fused-ring (bicyclic) bond motifs is 1. The van der Waals surface area contributed by atoms with Crippen LogP contribution in [-0.4, -0.2) is 34.5 Å². The number of ether oxygens (including phenoxy) is 1. The number of aromatic nitrogens is 2. The van der Waals surface area contributed by atoms with Gasteiger partial charge < -0.3 is 15.4 Å². The maximum atomic E-state index is 13.1. The van der Waals surface area contributed by atoms with Gasteiger partial charge in [-0.2, -0.15) is 13.2 Å². The van der Waals surface area contributed by atoms with Gasteiger partial charge >= 0.3 is 6.18 Å². The molecule has 176 valence electrons. The molecule has 9 heteroatoms. The molecule has 0 saturated heterocycles. The summed E-state index contributed by atoms with van der Waals surface area (Å²) in [5.74, 6) is 1.43. The van der Waals surface area contributed by atoms with E-state index in [2.05, 4.69) is 22.5 Å². The number of carbonyl (C=O) groups is 1. The molecular formula is C24H27F3N4O2. The van der Waals surface area contributed by atoms with Gasteiger partial charge in [0.15, 0.2) is 5.69 Å². The van der Waals surface area contributed by atoms with E-state index in [1.807, 2.05) is 0 Å². The molecule has 1 aliphatic carbocycles. The fourth-order valence-electron chi connectivity index (χ4n) is 4.30. The fourth-order valence-corrected chi connectivity index (χ4v) is 4.30. The van der Waals surface area contributed by atoms with Crippen molar-refractivity contribution in [3.05, 3.63) is 59.9 Å². The lowest BCUT2D eigenvalue weighted by molar-refractivity contribution is -0.140. The van der Waals surface area contributed by atoms with Gasteiger partial charge in [-0.1, -0.05) is 13.0 Å². The monoisotopic (exact) mass is 460 g/mol. The molecular weight excluding hydrogens is 433 g/mol. The summed E-state index contributed by atoms with van der Waals surface area (Å²) >= 11 is 0. The summed E-state index contributed by atoms with van der Waals surface area (Å²) in [6, 6.07) is 12.1. The first kappa shape index (κ1) is 22.9. The van der Waals surface area contributed by atoms with Crippen LogP contribution in [0.4, 0.5) is 19.0 Å². The zero-order chi connectivity index (χ0) is 23.6. The first-order valence-electron chi connectivity index (χ1n) is 11.0. The van der Waals surface area contributed by atoms with E-state index in [1.54, 1.807) is 49.6 Å². The van der Waals surface area contributed by atoms with Crippen molar-refractivity contribution in [1.82, 2.24) is 14.7 Å². The van der Waals surface area contributed by atoms with Crippen molar-refractivity contribution in [2.75, 3.05) is 12.4 Å². The summed E-state index contributed by atoms with van der Waals surface area (Å²) in [7, 11) is 1.58. The van der Waals surface area contributed by atoms with Gasteiger partial charge in [0.25, 0.3) is 5.91 Å². The van der Waals surface area contributed by atoms with Crippen molar-refractivity contribution in [3.63, 3.8) is 0 Å². The molecule has 0 radical (unpaired) electrons. The van der Waals surface area contributed by atoms with Gasteiger partial charge in [0, 0.05) is 23.8 Å². The Balaban J connectivity index is 1.42. The van der Waals surface area contributed by atoms with Crippen LogP contribution in [0.1, 0.15) is 48.7 Å². The van der Waals surface area contributed by atoms with E-state index in [4.69, 9.17) is 4.74 Å². The first-order valence-corrected chi connectivity index (χ1v) is 11.0. The van der Waals surface area contributed by atoms with E-state index < -0.39 is 11.9 Å². The highest BCUT2D eigenvalue weighted by atomic mass is 19.4. The predicted molar refractivity (Wildman–Crippen MR) is 119 cm³/mol. The number of carbonyl (C=O) groups excluding carboxylic acids is 1. The Kier molecular flexibility index (Phi) is 6.49. The minimum absolute atomic E-state index is 0.0206. The van der Waals surface area contributed by atoms with Crippen LogP contribution in [0.3, 0.4) is 0 Å². The maximum absolute atomic E-state index is 13.1. The van der Waals surface area contributed by atoms with Gasteiger partial charge in [0.1, 0.15) is 17.2 Å². The molecule has 1 amide bonds. The molecule has 0 aliphatic heterocycles. The lowest BCUT2D eigenvalue weighted by Crippen LogP contribution is -2.38. The average molecular weight is 461 g/mol. The van der Waals surface area contributed by atoms with Crippen molar-refractivity contribution in [3.8, 4) is 5.75 Å². The van der Waals surface area contributed by atoms with E-state index in [-0.39, 0.29) is 29.6 Å². The number of nitrogens with zero attached hydrogens (tertiary/aromatic N) is 2. The number of amides is 1. The summed E-state index contributed by atoms with van der Waals surface area (Å²) < 4.78 is 45.8. The average Bonchev–Trinajstić information content (AvgIpc) is 3.18. The molecule has 2 N–H and O–H groups in total. The molecule has 0 bridgehead atoms. The third kappa shape index (κ3) is 5.23. The molecule has 6 nitrogen and oxygen atoms in total. The van der Waals surface area contributed by atoms with Crippen molar-refractivity contribution in [2.24, 2.45) is 5.92 Å². The molecule has 1 fully saturated rings. The van der Waals surface area contributed by atoms with Gasteiger partial charge in [-0.05, 0) is 68.0 Å². The molecule has 3 aromatic rings. The van der Waals surface area contributed by atoms with Crippen molar-refractivity contribution in [1.29, 1.82) is 0 Å². The molecule has 1 saturated carbocycles. The highest BCUT2D eigenvalue weighted by Crippen LogP contribution is 2.30. The molecule has 1 unspecified atom stereocenters. The van der Waals surface area contributed by atoms with Gasteiger partial charge in [-0.25, -0.2) is 4.98 Å². The van der Waals surface area contributed by atoms with Crippen LogP contribution in [0, 0.1) is 5.92 Å². The molecule has 1 aliphatic rings. The third-order valence-corrected chi connectivity index (χ3v) is 6.29. The Hall–Kier alpha value is -3.23. The maximum Gasteiger partial charge on any atom is 0.434 e. The number of benzene rings is 1. The number of rotatable bonds is 5. The normalized spacial score (nSPS) is 21.4. The lowest BCUT2D eigenvalue weighted by Gasteiger charge is -2.22. The van der Waals surface area contributed by atoms with E-state index in [1.165, 1.54) is 4.40 Å². The quantitative estimate of drug-likeness (QED) is 0.517. The van der Waals surface area contributed by atoms with Gasteiger partial charge in [0.05, 0.1) is 7.11 Å². The Morgan fingerprint density at radius 2 is 1.82 bits per heavy atom. The van der Waals surface area contributed by atoms with Gasteiger partial charge in [-0.15, -0.1) is 0 Å². The predicted octanol–water partition coefficient (Wildman–Crippen LogP) is 5.15. The number of hydrogen-bond donors (Lipinski definition) is 2. The lowest BCUT2D eigenvalue weighted by atomic mass is 9.96. The topological polar surface area (TPSA) is 67.7 Å². The van der Waals surface area contributed by atoms with Crippen molar-refractivity contribution in [2.45, 2.75) is 50.9 Å². The smallest absolute Gasteiger partial charge is 0.434 e. The standard InChI is InChI=1S/C24H27F3N4O2/c1-15-6-9-17(10-13-19(15)29-23(32)16-7-11-18(33-2)12-8-16)28-21-4-3-5-22-30-20(14-31(21)22)24(25,26)27/h3-5,7-8,11-12,14-15,17,19,28H,6,9-10,13H2,1-2H3,(H,29,32)/t15?,17-,19-/m0/s1. The number of anilines is 1. The summed E-state index contributed by atoms with van der Waals surface area (Å²) in [5, 5.41) is 6.55. The van der Waals surface area contributed by atoms with E-state index in [0.717, 1.165) is 31.9 Å². The second-order valence-corrected chi connectivity index (χ2v) is 8.54. The number of nitrogens with one attached hydrogen (secondary N) is 2. The second-order valence-electron chi connectivity index (χ2n) is 8.54. The van der Waals surface area contributed by atoms with Gasteiger partial charge in [0.2, 0.25) is 0 Å². The summed E-state index contributed by atoms with van der Waals surface area (Å²) in [5.41, 5.74) is -0.0827. The van der Waals surface area contributed by atoms with Crippen molar-refractivity contribution < 1.29 is 22.7 Å². The van der Waals surface area contributed by atoms with E-state index in [9.17, 15) is 18.0 Å². The zero-order valence-corrected chi connectivity index (χ0v) is 18.5. The number of hydrogen-bond acceptors (Lipinski definition) is 4. The highest BCUT2D eigenvalue weighted by molar-refractivity contribution is 5.94. The fraction of sp³-hybridized carbons (Fsp3) is 0.417. The largest absolute Gasteiger partial charge is 0.497 e. The Bertz CT molecular complexity index is 1110. The minimum Gasteiger partial charge on any atom is -0.497 e. The van der Waals surface area contributed by atoms with Crippen LogP contribution in [-0.2, 0) is 6.18 Å². The highest BCUT2D eigenvalue weighted by Gasteiger charge is 2.34. The third-order valence-electron chi connectivity index (χ3n) is 6.29. The van der Waals surface area contributed by atoms with Crippen LogP contribution in [0.2, 0.25) is 0 Å². The molecule has 1 aromatic carbocycles. The molecule has 2 aromatic heterocycles. The molecule has 33 heavy (non-hydrogen) atoms. The van der Waals surface area contributed by atoms with Crippen LogP contribution in [0.15, 0.2) is 48.7 Å². The molecule has 0 spiro atoms.